The number of carbonyl (C=O) groups excluding carboxylic acids is 1. The first-order chi connectivity index (χ1) is 14.1. The highest BCUT2D eigenvalue weighted by molar-refractivity contribution is 5.90. The zero-order valence-corrected chi connectivity index (χ0v) is 16.4. The summed E-state index contributed by atoms with van der Waals surface area (Å²) in [5.74, 6) is -3.12. The number of aromatic nitrogens is 4. The molecule has 0 atom stereocenters. The molecule has 30 heavy (non-hydrogen) atoms. The van der Waals surface area contributed by atoms with Gasteiger partial charge in [-0.3, -0.25) is 9.48 Å². The molecule has 3 aromatic rings. The number of aryl methyl sites for hydroxylation is 1. The van der Waals surface area contributed by atoms with Crippen LogP contribution in [0, 0.1) is 25.5 Å². The number of nitrogens with two attached hydrogens (primary N) is 1. The maximum atomic E-state index is 15.0. The Balaban J connectivity index is 2.01. The van der Waals surface area contributed by atoms with Crippen LogP contribution in [0.4, 0.5) is 17.6 Å². The summed E-state index contributed by atoms with van der Waals surface area (Å²) in [6.45, 7) is 0.0889. The molecule has 0 radical (unpaired) electrons. The molecule has 0 saturated carbocycles. The normalized spacial score (nSPS) is 11.5. The number of hydrogen-bond donors (Lipinski definition) is 1. The van der Waals surface area contributed by atoms with Crippen LogP contribution in [0.15, 0.2) is 18.3 Å². The van der Waals surface area contributed by atoms with E-state index in [1.54, 1.807) is 13.8 Å². The lowest BCUT2D eigenvalue weighted by Gasteiger charge is -2.11. The molecule has 3 rings (SSSR count). The van der Waals surface area contributed by atoms with Crippen molar-refractivity contribution >= 4 is 5.91 Å². The molecule has 0 spiro atoms. The lowest BCUT2D eigenvalue weighted by molar-refractivity contribution is -0.130. The first-order valence-corrected chi connectivity index (χ1v) is 8.87. The van der Waals surface area contributed by atoms with Crippen molar-refractivity contribution in [3.63, 3.8) is 0 Å². The number of rotatable bonds is 7. The maximum absolute atomic E-state index is 15.0. The van der Waals surface area contributed by atoms with Crippen molar-refractivity contribution in [2.45, 2.75) is 27.0 Å². The maximum Gasteiger partial charge on any atom is 0.345 e. The Morgan fingerprint density at radius 3 is 2.43 bits per heavy atom. The highest BCUT2D eigenvalue weighted by Crippen LogP contribution is 2.34. The van der Waals surface area contributed by atoms with Gasteiger partial charge in [-0.15, -0.1) is 0 Å². The third kappa shape index (κ3) is 3.80. The molecule has 0 aliphatic heterocycles. The molecule has 0 fully saturated rings. The van der Waals surface area contributed by atoms with Crippen LogP contribution < -0.4 is 5.73 Å². The van der Waals surface area contributed by atoms with E-state index in [0.29, 0.717) is 17.0 Å². The van der Waals surface area contributed by atoms with Crippen molar-refractivity contribution in [3.8, 4) is 22.4 Å². The molecule has 11 heteroatoms. The zero-order chi connectivity index (χ0) is 22.2. The summed E-state index contributed by atoms with van der Waals surface area (Å²) in [7, 11) is 1.47. The fourth-order valence-corrected chi connectivity index (χ4v) is 3.36. The highest BCUT2D eigenvalue weighted by atomic mass is 19.3. The van der Waals surface area contributed by atoms with Crippen molar-refractivity contribution in [1.29, 1.82) is 0 Å². The first-order valence-electron chi connectivity index (χ1n) is 8.87. The van der Waals surface area contributed by atoms with Crippen LogP contribution in [-0.2, 0) is 18.3 Å². The number of primary amides is 1. The second-order valence-electron chi connectivity index (χ2n) is 6.58. The van der Waals surface area contributed by atoms with Gasteiger partial charge in [0.25, 0.3) is 5.91 Å². The minimum absolute atomic E-state index is 0.0235. The zero-order valence-electron chi connectivity index (χ0n) is 16.4. The van der Waals surface area contributed by atoms with E-state index in [1.807, 2.05) is 0 Å². The van der Waals surface area contributed by atoms with Gasteiger partial charge in [-0.25, -0.2) is 13.8 Å². The number of carbonyl (C=O) groups is 1. The van der Waals surface area contributed by atoms with Crippen molar-refractivity contribution in [2.24, 2.45) is 12.8 Å². The van der Waals surface area contributed by atoms with Gasteiger partial charge in [0, 0.05) is 29.4 Å². The van der Waals surface area contributed by atoms with E-state index in [9.17, 15) is 18.0 Å². The van der Waals surface area contributed by atoms with Crippen molar-refractivity contribution in [1.82, 2.24) is 19.3 Å². The lowest BCUT2D eigenvalue weighted by Crippen LogP contribution is -2.17. The molecule has 0 bridgehead atoms. The van der Waals surface area contributed by atoms with Crippen LogP contribution in [0.25, 0.3) is 22.4 Å². The third-order valence-electron chi connectivity index (χ3n) is 4.76. The van der Waals surface area contributed by atoms with Gasteiger partial charge in [0.2, 0.25) is 0 Å². The van der Waals surface area contributed by atoms with Crippen LogP contribution >= 0.6 is 0 Å². The predicted molar refractivity (Wildman–Crippen MR) is 99.7 cm³/mol. The van der Waals surface area contributed by atoms with Gasteiger partial charge < -0.3 is 15.0 Å². The SMILES string of the molecule is Cc1nn(CCOC(F)F)c(C)c1-c1ccc(-c2cnc(C(N)=O)n2C)c(F)c1F. The van der Waals surface area contributed by atoms with Crippen LogP contribution in [0.2, 0.25) is 0 Å². The molecule has 0 aliphatic carbocycles. The summed E-state index contributed by atoms with van der Waals surface area (Å²) in [5, 5.41) is 4.21. The average molecular weight is 425 g/mol. The Morgan fingerprint density at radius 2 is 1.83 bits per heavy atom. The second-order valence-corrected chi connectivity index (χ2v) is 6.58. The van der Waals surface area contributed by atoms with E-state index >= 15 is 4.39 Å². The monoisotopic (exact) mass is 425 g/mol. The topological polar surface area (TPSA) is 88.0 Å². The number of nitrogens with zero attached hydrogens (tertiary/aromatic N) is 4. The molecule has 0 unspecified atom stereocenters. The number of alkyl halides is 2. The molecule has 0 aliphatic rings. The fourth-order valence-electron chi connectivity index (χ4n) is 3.36. The number of hydrogen-bond acceptors (Lipinski definition) is 4. The molecule has 2 heterocycles. The van der Waals surface area contributed by atoms with Crippen molar-refractivity contribution in [2.75, 3.05) is 6.61 Å². The van der Waals surface area contributed by atoms with Crippen molar-refractivity contribution < 1.29 is 27.1 Å². The Labute approximate surface area is 169 Å². The molecule has 160 valence electrons. The van der Waals surface area contributed by atoms with E-state index in [4.69, 9.17) is 5.73 Å². The fraction of sp³-hybridized carbons (Fsp3) is 0.316. The quantitative estimate of drug-likeness (QED) is 0.589. The minimum Gasteiger partial charge on any atom is -0.363 e. The van der Waals surface area contributed by atoms with E-state index in [1.165, 1.54) is 34.6 Å². The molecule has 2 N–H and O–H groups in total. The molecule has 1 amide bonds. The van der Waals surface area contributed by atoms with E-state index in [-0.39, 0.29) is 35.8 Å². The van der Waals surface area contributed by atoms with Crippen LogP contribution in [-0.4, -0.2) is 38.5 Å². The Kier molecular flexibility index (Phi) is 5.92. The van der Waals surface area contributed by atoms with Gasteiger partial charge in [-0.05, 0) is 19.9 Å². The molecular formula is C19H19F4N5O2. The number of benzene rings is 1. The summed E-state index contributed by atoms with van der Waals surface area (Å²) < 4.78 is 61.1. The summed E-state index contributed by atoms with van der Waals surface area (Å²) in [6.07, 6.45) is 1.23. The predicted octanol–water partition coefficient (Wildman–Crippen LogP) is 3.18. The van der Waals surface area contributed by atoms with Gasteiger partial charge in [0.1, 0.15) is 0 Å². The van der Waals surface area contributed by atoms with Crippen LogP contribution in [0.1, 0.15) is 22.0 Å². The average Bonchev–Trinajstić information content (AvgIpc) is 3.17. The van der Waals surface area contributed by atoms with Gasteiger partial charge in [-0.2, -0.15) is 13.9 Å². The Hall–Kier alpha value is -3.21. The molecule has 0 saturated heterocycles. The van der Waals surface area contributed by atoms with Crippen molar-refractivity contribution in [3.05, 3.63) is 47.2 Å². The first kappa shape index (κ1) is 21.5. The molecule has 2 aromatic heterocycles. The number of amides is 1. The summed E-state index contributed by atoms with van der Waals surface area (Å²) >= 11 is 0. The lowest BCUT2D eigenvalue weighted by atomic mass is 10.00. The second kappa shape index (κ2) is 8.27. The van der Waals surface area contributed by atoms with Gasteiger partial charge >= 0.3 is 6.61 Å². The molecule has 1 aromatic carbocycles. The third-order valence-corrected chi connectivity index (χ3v) is 4.76. The minimum atomic E-state index is -2.90. The highest BCUT2D eigenvalue weighted by Gasteiger charge is 2.23. The standard InChI is InChI=1S/C19H19F4N5O2/c1-9-14(10(2)28(26-9)6-7-30-19(22)23)12-5-4-11(15(20)16(12)21)13-8-25-18(17(24)29)27(13)3/h4-5,8,19H,6-7H2,1-3H3,(H2,24,29). The number of ether oxygens (including phenoxy) is 1. The van der Waals surface area contributed by atoms with Crippen LogP contribution in [0.5, 0.6) is 0 Å². The van der Waals surface area contributed by atoms with Gasteiger partial charge in [0.05, 0.1) is 30.7 Å². The summed E-state index contributed by atoms with van der Waals surface area (Å²) in [4.78, 5) is 15.2. The Bertz CT molecular complexity index is 1110. The Morgan fingerprint density at radius 1 is 1.20 bits per heavy atom. The van der Waals surface area contributed by atoms with E-state index < -0.39 is 24.2 Å². The van der Waals surface area contributed by atoms with Gasteiger partial charge in [0.15, 0.2) is 17.5 Å². The molecule has 7 nitrogen and oxygen atoms in total. The smallest absolute Gasteiger partial charge is 0.345 e. The van der Waals surface area contributed by atoms with E-state index in [2.05, 4.69) is 14.8 Å². The molecular weight excluding hydrogens is 406 g/mol. The summed E-state index contributed by atoms with van der Waals surface area (Å²) in [5.41, 5.74) is 6.53. The van der Waals surface area contributed by atoms with Crippen LogP contribution in [0.3, 0.4) is 0 Å². The van der Waals surface area contributed by atoms with E-state index in [0.717, 1.165) is 0 Å². The van der Waals surface area contributed by atoms with Gasteiger partial charge in [-0.1, -0.05) is 6.07 Å². The largest absolute Gasteiger partial charge is 0.363 e. The number of imidazole rings is 1. The summed E-state index contributed by atoms with van der Waals surface area (Å²) in [6, 6.07) is 2.76. The number of halogens is 4.